The molecule has 29 heavy (non-hydrogen) atoms. The zero-order valence-corrected chi connectivity index (χ0v) is 17.1. The van der Waals surface area contributed by atoms with Crippen LogP contribution in [0.25, 0.3) is 0 Å². The van der Waals surface area contributed by atoms with Gasteiger partial charge in [0.05, 0.1) is 0 Å². The van der Waals surface area contributed by atoms with Gasteiger partial charge in [0.15, 0.2) is 6.61 Å². The topological polar surface area (TPSA) is 67.9 Å². The lowest BCUT2D eigenvalue weighted by Gasteiger charge is -2.12. The summed E-state index contributed by atoms with van der Waals surface area (Å²) in [6, 6.07) is 17.9. The molecule has 7 heteroatoms. The fourth-order valence-corrected chi connectivity index (χ4v) is 3.00. The van der Waals surface area contributed by atoms with Crippen LogP contribution in [-0.4, -0.2) is 37.4 Å². The van der Waals surface area contributed by atoms with Crippen molar-refractivity contribution in [3.63, 3.8) is 0 Å². The third-order valence-electron chi connectivity index (χ3n) is 4.03. The van der Waals surface area contributed by atoms with Gasteiger partial charge in [-0.25, -0.2) is 0 Å². The molecule has 2 aromatic carbocycles. The summed E-state index contributed by atoms with van der Waals surface area (Å²) in [6.45, 7) is 0.442. The monoisotopic (exact) mass is 410 g/mol. The summed E-state index contributed by atoms with van der Waals surface area (Å²) < 4.78 is 11.2. The number of anilines is 1. The van der Waals surface area contributed by atoms with Gasteiger partial charge in [0.25, 0.3) is 11.8 Å². The highest BCUT2D eigenvalue weighted by Gasteiger charge is 2.09. The second kappa shape index (κ2) is 9.75. The van der Waals surface area contributed by atoms with Crippen molar-refractivity contribution < 1.29 is 19.1 Å². The van der Waals surface area contributed by atoms with Gasteiger partial charge in [0, 0.05) is 30.2 Å². The van der Waals surface area contributed by atoms with Gasteiger partial charge < -0.3 is 19.7 Å². The van der Waals surface area contributed by atoms with E-state index in [0.717, 1.165) is 4.88 Å². The first-order valence-electron chi connectivity index (χ1n) is 9.01. The summed E-state index contributed by atoms with van der Waals surface area (Å²) in [6.07, 6.45) is 0. The average Bonchev–Trinajstić information content (AvgIpc) is 3.25. The van der Waals surface area contributed by atoms with Crippen molar-refractivity contribution in [1.29, 1.82) is 0 Å². The second-order valence-electron chi connectivity index (χ2n) is 6.45. The number of nitrogens with one attached hydrogen (secondary N) is 1. The van der Waals surface area contributed by atoms with Crippen LogP contribution in [0, 0.1) is 0 Å². The second-order valence-corrected chi connectivity index (χ2v) is 7.48. The first-order chi connectivity index (χ1) is 14.0. The Balaban J connectivity index is 1.55. The van der Waals surface area contributed by atoms with Gasteiger partial charge in [-0.3, -0.25) is 9.59 Å². The Labute approximate surface area is 173 Å². The van der Waals surface area contributed by atoms with Gasteiger partial charge >= 0.3 is 0 Å². The molecule has 0 aliphatic rings. The van der Waals surface area contributed by atoms with Crippen molar-refractivity contribution in [3.05, 3.63) is 76.5 Å². The summed E-state index contributed by atoms with van der Waals surface area (Å²) in [5.41, 5.74) is 1.14. The normalized spacial score (nSPS) is 10.3. The fraction of sp³-hybridized carbons (Fsp3) is 0.182. The minimum Gasteiger partial charge on any atom is -0.488 e. The first kappa shape index (κ1) is 20.4. The number of hydrogen-bond donors (Lipinski definition) is 1. The Bertz CT molecular complexity index is 953. The van der Waals surface area contributed by atoms with Crippen molar-refractivity contribution >= 4 is 28.8 Å². The molecule has 0 fully saturated rings. The number of hydrogen-bond acceptors (Lipinski definition) is 5. The van der Waals surface area contributed by atoms with Gasteiger partial charge in [-0.2, -0.15) is 0 Å². The minimum atomic E-state index is -0.233. The molecule has 0 aliphatic heterocycles. The van der Waals surface area contributed by atoms with E-state index in [0.29, 0.717) is 29.4 Å². The molecular weight excluding hydrogens is 388 g/mol. The maximum Gasteiger partial charge on any atom is 0.259 e. The Morgan fingerprint density at radius 3 is 2.45 bits per heavy atom. The lowest BCUT2D eigenvalue weighted by atomic mass is 10.2. The van der Waals surface area contributed by atoms with Crippen molar-refractivity contribution in [2.45, 2.75) is 6.61 Å². The molecule has 3 rings (SSSR count). The lowest BCUT2D eigenvalue weighted by Crippen LogP contribution is -2.27. The number of carbonyl (C=O) groups is 2. The average molecular weight is 410 g/mol. The maximum atomic E-state index is 12.5. The standard InChI is InChI=1S/C22H22N2O4S/c1-24(2)21(25)15-28-18-10-8-17(9-11-18)23-22(26)16-5-3-6-19(13-16)27-14-20-7-4-12-29-20/h3-13H,14-15H2,1-2H3,(H,23,26). The molecule has 0 radical (unpaired) electrons. The van der Waals surface area contributed by atoms with Crippen LogP contribution < -0.4 is 14.8 Å². The van der Waals surface area contributed by atoms with Crippen molar-refractivity contribution in [3.8, 4) is 11.5 Å². The lowest BCUT2D eigenvalue weighted by molar-refractivity contribution is -0.130. The van der Waals surface area contributed by atoms with Gasteiger partial charge in [0.1, 0.15) is 18.1 Å². The number of likely N-dealkylation sites (N-methyl/N-ethyl adjacent to an activating group) is 1. The highest BCUT2D eigenvalue weighted by atomic mass is 32.1. The fourth-order valence-electron chi connectivity index (χ4n) is 2.39. The number of carbonyl (C=O) groups excluding carboxylic acids is 2. The van der Waals surface area contributed by atoms with Crippen molar-refractivity contribution in [2.75, 3.05) is 26.0 Å². The maximum absolute atomic E-state index is 12.5. The number of rotatable bonds is 8. The Morgan fingerprint density at radius 2 is 1.76 bits per heavy atom. The third-order valence-corrected chi connectivity index (χ3v) is 4.88. The van der Waals surface area contributed by atoms with Gasteiger partial charge in [-0.15, -0.1) is 11.3 Å². The Hall–Kier alpha value is -3.32. The van der Waals surface area contributed by atoms with Crippen LogP contribution in [0.3, 0.4) is 0 Å². The van der Waals surface area contributed by atoms with Crippen molar-refractivity contribution in [1.82, 2.24) is 4.90 Å². The molecule has 3 aromatic rings. The molecule has 2 amide bonds. The van der Waals surface area contributed by atoms with E-state index in [-0.39, 0.29) is 18.4 Å². The van der Waals surface area contributed by atoms with Crippen LogP contribution in [0.1, 0.15) is 15.2 Å². The predicted molar refractivity (Wildman–Crippen MR) is 114 cm³/mol. The molecule has 1 aromatic heterocycles. The molecule has 0 unspecified atom stereocenters. The van der Waals surface area contributed by atoms with Crippen LogP contribution in [0.15, 0.2) is 66.0 Å². The van der Waals surface area contributed by atoms with E-state index in [9.17, 15) is 9.59 Å². The van der Waals surface area contributed by atoms with E-state index in [1.54, 1.807) is 67.9 Å². The van der Waals surface area contributed by atoms with Crippen molar-refractivity contribution in [2.24, 2.45) is 0 Å². The summed E-state index contributed by atoms with van der Waals surface area (Å²) in [4.78, 5) is 26.7. The van der Waals surface area contributed by atoms with Crippen LogP contribution in [0.4, 0.5) is 5.69 Å². The Kier molecular flexibility index (Phi) is 6.86. The van der Waals surface area contributed by atoms with Gasteiger partial charge in [-0.05, 0) is 53.9 Å². The SMILES string of the molecule is CN(C)C(=O)COc1ccc(NC(=O)c2cccc(OCc3cccs3)c2)cc1. The molecule has 1 heterocycles. The molecule has 0 aliphatic carbocycles. The first-order valence-corrected chi connectivity index (χ1v) is 9.89. The molecule has 150 valence electrons. The number of thiophene rings is 1. The Morgan fingerprint density at radius 1 is 0.966 bits per heavy atom. The number of amides is 2. The largest absolute Gasteiger partial charge is 0.488 e. The van der Waals surface area contributed by atoms with Crippen LogP contribution in [0.2, 0.25) is 0 Å². The van der Waals surface area contributed by atoms with E-state index in [1.165, 1.54) is 4.90 Å². The molecule has 0 spiro atoms. The van der Waals surface area contributed by atoms with E-state index < -0.39 is 0 Å². The minimum absolute atomic E-state index is 0.0308. The predicted octanol–water partition coefficient (Wildman–Crippen LogP) is 4.05. The molecule has 0 atom stereocenters. The molecule has 0 saturated carbocycles. The summed E-state index contributed by atoms with van der Waals surface area (Å²) in [7, 11) is 3.35. The zero-order valence-electron chi connectivity index (χ0n) is 16.3. The van der Waals surface area contributed by atoms with E-state index in [1.807, 2.05) is 23.6 Å². The highest BCUT2D eigenvalue weighted by Crippen LogP contribution is 2.20. The molecular formula is C22H22N2O4S. The van der Waals surface area contributed by atoms with Crippen LogP contribution in [-0.2, 0) is 11.4 Å². The molecule has 6 nitrogen and oxygen atoms in total. The molecule has 0 bridgehead atoms. The van der Waals surface area contributed by atoms with Crippen LogP contribution >= 0.6 is 11.3 Å². The smallest absolute Gasteiger partial charge is 0.259 e. The molecule has 1 N–H and O–H groups in total. The van der Waals surface area contributed by atoms with E-state index in [2.05, 4.69) is 5.32 Å². The van der Waals surface area contributed by atoms with E-state index in [4.69, 9.17) is 9.47 Å². The summed E-state index contributed by atoms with van der Waals surface area (Å²) in [5, 5.41) is 4.84. The van der Waals surface area contributed by atoms with Crippen LogP contribution in [0.5, 0.6) is 11.5 Å². The van der Waals surface area contributed by atoms with E-state index >= 15 is 0 Å². The van der Waals surface area contributed by atoms with Gasteiger partial charge in [-0.1, -0.05) is 12.1 Å². The number of ether oxygens (including phenoxy) is 2. The third kappa shape index (κ3) is 6.08. The summed E-state index contributed by atoms with van der Waals surface area (Å²) >= 11 is 1.63. The number of nitrogens with zero attached hydrogens (tertiary/aromatic N) is 1. The molecule has 0 saturated heterocycles. The quantitative estimate of drug-likeness (QED) is 0.608. The summed E-state index contributed by atoms with van der Waals surface area (Å²) in [5.74, 6) is 0.842. The van der Waals surface area contributed by atoms with Gasteiger partial charge in [0.2, 0.25) is 0 Å². The zero-order chi connectivity index (χ0) is 20.6. The number of benzene rings is 2. The highest BCUT2D eigenvalue weighted by molar-refractivity contribution is 7.09.